The molecule has 12 nitrogen and oxygen atoms in total. The summed E-state index contributed by atoms with van der Waals surface area (Å²) in [6.45, 7) is 0. The zero-order chi connectivity index (χ0) is 23.9. The van der Waals surface area contributed by atoms with Gasteiger partial charge in [0.15, 0.2) is 12.1 Å². The number of carbonyl (C=O) groups is 2. The van der Waals surface area contributed by atoms with Crippen LogP contribution in [0.25, 0.3) is 22.8 Å². The fourth-order valence-corrected chi connectivity index (χ4v) is 3.36. The van der Waals surface area contributed by atoms with Crippen LogP contribution in [0.2, 0.25) is 0 Å². The number of tetrazole rings is 2. The molecule has 0 saturated heterocycles. The van der Waals surface area contributed by atoms with E-state index >= 15 is 0 Å². The molecule has 0 radical (unpaired) electrons. The molecular weight excluding hydrogens is 440 g/mol. The Balaban J connectivity index is 1.55. The number of methoxy groups -OCH3 is 2. The van der Waals surface area contributed by atoms with E-state index in [9.17, 15) is 9.59 Å². The molecule has 4 rings (SSSR count). The van der Waals surface area contributed by atoms with Crippen LogP contribution in [-0.2, 0) is 19.1 Å². The topological polar surface area (TPSA) is 140 Å². The monoisotopic (exact) mass is 462 g/mol. The maximum Gasteiger partial charge on any atom is 0.332 e. The van der Waals surface area contributed by atoms with Crippen molar-refractivity contribution in [2.24, 2.45) is 0 Å². The molecule has 0 aliphatic rings. The van der Waals surface area contributed by atoms with E-state index in [2.05, 4.69) is 30.8 Å². The Kier molecular flexibility index (Phi) is 6.96. The Morgan fingerprint density at radius 2 is 1.09 bits per heavy atom. The minimum Gasteiger partial charge on any atom is -0.467 e. The molecule has 4 aromatic rings. The second-order valence-corrected chi connectivity index (χ2v) is 7.25. The molecule has 2 aromatic carbocycles. The first-order valence-corrected chi connectivity index (χ1v) is 10.5. The van der Waals surface area contributed by atoms with Crippen LogP contribution in [0.5, 0.6) is 0 Å². The lowest BCUT2D eigenvalue weighted by Gasteiger charge is -2.17. The van der Waals surface area contributed by atoms with Gasteiger partial charge < -0.3 is 9.47 Å². The zero-order valence-corrected chi connectivity index (χ0v) is 18.6. The molecule has 34 heavy (non-hydrogen) atoms. The van der Waals surface area contributed by atoms with E-state index in [0.717, 1.165) is 11.1 Å². The van der Waals surface area contributed by atoms with Gasteiger partial charge in [0.25, 0.3) is 0 Å². The first-order valence-electron chi connectivity index (χ1n) is 10.5. The summed E-state index contributed by atoms with van der Waals surface area (Å²) >= 11 is 0. The number of rotatable bonds is 9. The molecule has 12 heteroatoms. The SMILES string of the molecule is COC(=O)C(CCC(C(=O)OC)n1nnc(-c2ccccc2)n1)n1nnc(-c2ccccc2)n1. The summed E-state index contributed by atoms with van der Waals surface area (Å²) in [5, 5.41) is 24.8. The Morgan fingerprint density at radius 3 is 1.44 bits per heavy atom. The van der Waals surface area contributed by atoms with E-state index in [0.29, 0.717) is 11.6 Å². The van der Waals surface area contributed by atoms with Crippen molar-refractivity contribution < 1.29 is 19.1 Å². The lowest BCUT2D eigenvalue weighted by atomic mass is 10.1. The molecule has 0 aliphatic carbocycles. The van der Waals surface area contributed by atoms with Crippen LogP contribution in [0, 0.1) is 0 Å². The van der Waals surface area contributed by atoms with Crippen molar-refractivity contribution in [1.29, 1.82) is 0 Å². The number of ether oxygens (including phenoxy) is 2. The maximum atomic E-state index is 12.5. The van der Waals surface area contributed by atoms with Crippen LogP contribution in [0.15, 0.2) is 60.7 Å². The average Bonchev–Trinajstić information content (AvgIpc) is 3.57. The first-order chi connectivity index (χ1) is 16.6. The van der Waals surface area contributed by atoms with E-state index in [1.54, 1.807) is 0 Å². The molecule has 0 N–H and O–H groups in total. The van der Waals surface area contributed by atoms with Crippen molar-refractivity contribution >= 4 is 11.9 Å². The Bertz CT molecular complexity index is 1140. The van der Waals surface area contributed by atoms with E-state index in [1.165, 1.54) is 23.8 Å². The second-order valence-electron chi connectivity index (χ2n) is 7.25. The molecular formula is C22H22N8O4. The number of nitrogens with zero attached hydrogens (tertiary/aromatic N) is 8. The zero-order valence-electron chi connectivity index (χ0n) is 18.6. The number of carbonyl (C=O) groups excluding carboxylic acids is 2. The Hall–Kier alpha value is -4.48. The third-order valence-corrected chi connectivity index (χ3v) is 5.14. The van der Waals surface area contributed by atoms with Gasteiger partial charge in [-0.05, 0) is 23.3 Å². The van der Waals surface area contributed by atoms with Gasteiger partial charge in [0, 0.05) is 11.1 Å². The van der Waals surface area contributed by atoms with Gasteiger partial charge in [-0.3, -0.25) is 0 Å². The predicted molar refractivity (Wildman–Crippen MR) is 118 cm³/mol. The molecule has 0 spiro atoms. The minimum atomic E-state index is -0.917. The number of hydrogen-bond donors (Lipinski definition) is 0. The molecule has 0 aliphatic heterocycles. The highest BCUT2D eigenvalue weighted by atomic mass is 16.5. The van der Waals surface area contributed by atoms with Gasteiger partial charge in [0.05, 0.1) is 14.2 Å². The fraction of sp³-hybridized carbons (Fsp3) is 0.273. The normalized spacial score (nSPS) is 12.6. The van der Waals surface area contributed by atoms with Crippen LogP contribution in [0.4, 0.5) is 0 Å². The van der Waals surface area contributed by atoms with Gasteiger partial charge >= 0.3 is 11.9 Å². The van der Waals surface area contributed by atoms with Gasteiger partial charge in [-0.1, -0.05) is 60.7 Å². The number of hydrogen-bond acceptors (Lipinski definition) is 10. The van der Waals surface area contributed by atoms with Crippen LogP contribution in [0.1, 0.15) is 24.9 Å². The quantitative estimate of drug-likeness (QED) is 0.339. The molecule has 2 atom stereocenters. The van der Waals surface area contributed by atoms with Gasteiger partial charge in [0.2, 0.25) is 11.6 Å². The van der Waals surface area contributed by atoms with Crippen molar-refractivity contribution in [2.45, 2.75) is 24.9 Å². The summed E-state index contributed by atoms with van der Waals surface area (Å²) in [5.41, 5.74) is 1.51. The van der Waals surface area contributed by atoms with E-state index in [1.807, 2.05) is 60.7 Å². The van der Waals surface area contributed by atoms with Gasteiger partial charge in [-0.15, -0.1) is 30.0 Å². The molecule has 174 valence electrons. The number of aromatic nitrogens is 8. The average molecular weight is 462 g/mol. The molecule has 2 heterocycles. The van der Waals surface area contributed by atoms with Gasteiger partial charge in [0.1, 0.15) is 0 Å². The highest BCUT2D eigenvalue weighted by Gasteiger charge is 2.31. The largest absolute Gasteiger partial charge is 0.467 e. The minimum absolute atomic E-state index is 0.138. The smallest absolute Gasteiger partial charge is 0.332 e. The van der Waals surface area contributed by atoms with Crippen molar-refractivity contribution in [2.75, 3.05) is 14.2 Å². The number of benzene rings is 2. The summed E-state index contributed by atoms with van der Waals surface area (Å²) in [6.07, 6.45) is 0.276. The van der Waals surface area contributed by atoms with Crippen molar-refractivity contribution in [3.63, 3.8) is 0 Å². The molecule has 2 unspecified atom stereocenters. The standard InChI is InChI=1S/C22H22N8O4/c1-33-21(31)17(29-25-19(23-27-29)15-9-5-3-6-10-15)13-14-18(22(32)34-2)30-26-20(24-28-30)16-11-7-4-8-12-16/h3-12,17-18H,13-14H2,1-2H3. The summed E-state index contributed by atoms with van der Waals surface area (Å²) in [4.78, 5) is 27.4. The predicted octanol–water partition coefficient (Wildman–Crippen LogP) is 1.90. The Morgan fingerprint density at radius 1 is 0.706 bits per heavy atom. The lowest BCUT2D eigenvalue weighted by Crippen LogP contribution is -2.28. The molecule has 0 fully saturated rings. The van der Waals surface area contributed by atoms with Crippen molar-refractivity contribution in [3.8, 4) is 22.8 Å². The fourth-order valence-electron chi connectivity index (χ4n) is 3.36. The highest BCUT2D eigenvalue weighted by molar-refractivity contribution is 5.75. The van der Waals surface area contributed by atoms with Crippen LogP contribution in [-0.4, -0.2) is 66.6 Å². The van der Waals surface area contributed by atoms with Crippen LogP contribution in [0.3, 0.4) is 0 Å². The summed E-state index contributed by atoms with van der Waals surface area (Å²) in [5.74, 6) is -0.414. The molecule has 0 amide bonds. The van der Waals surface area contributed by atoms with Crippen LogP contribution >= 0.6 is 0 Å². The molecule has 0 saturated carbocycles. The van der Waals surface area contributed by atoms with Gasteiger partial charge in [-0.25, -0.2) is 9.59 Å². The second kappa shape index (κ2) is 10.4. The van der Waals surface area contributed by atoms with E-state index in [-0.39, 0.29) is 12.8 Å². The van der Waals surface area contributed by atoms with Gasteiger partial charge in [-0.2, -0.15) is 0 Å². The van der Waals surface area contributed by atoms with E-state index < -0.39 is 24.0 Å². The lowest BCUT2D eigenvalue weighted by molar-refractivity contribution is -0.148. The summed E-state index contributed by atoms with van der Waals surface area (Å²) in [7, 11) is 2.54. The van der Waals surface area contributed by atoms with Crippen LogP contribution < -0.4 is 0 Å². The van der Waals surface area contributed by atoms with Crippen molar-refractivity contribution in [1.82, 2.24) is 40.4 Å². The third-order valence-electron chi connectivity index (χ3n) is 5.14. The summed E-state index contributed by atoms with van der Waals surface area (Å²) in [6, 6.07) is 16.7. The van der Waals surface area contributed by atoms with E-state index in [4.69, 9.17) is 9.47 Å². The number of esters is 2. The highest BCUT2D eigenvalue weighted by Crippen LogP contribution is 2.23. The molecule has 0 bridgehead atoms. The maximum absolute atomic E-state index is 12.5. The van der Waals surface area contributed by atoms with Crippen molar-refractivity contribution in [3.05, 3.63) is 60.7 Å². The Labute approximate surface area is 194 Å². The first kappa shape index (κ1) is 22.7. The third kappa shape index (κ3) is 4.95. The summed E-state index contributed by atoms with van der Waals surface area (Å²) < 4.78 is 9.87. The molecule has 2 aromatic heterocycles.